The van der Waals surface area contributed by atoms with Crippen LogP contribution in [0, 0.1) is 0 Å². The maximum Gasteiger partial charge on any atom is 0.163 e. The maximum atomic E-state index is 10.8. The Kier molecular flexibility index (Phi) is 5.79. The topological polar surface area (TPSA) is 76.4 Å². The smallest absolute Gasteiger partial charge is 0.163 e. The minimum absolute atomic E-state index is 0.108. The molecular weight excluding hydrogens is 380 g/mol. The number of nitrogens with zero attached hydrogens (tertiary/aromatic N) is 2. The predicted molar refractivity (Wildman–Crippen MR) is 114 cm³/mol. The molecule has 1 heterocycles. The van der Waals surface area contributed by atoms with Gasteiger partial charge in [-0.2, -0.15) is 0 Å². The average molecular weight is 406 g/mol. The molecule has 0 saturated carbocycles. The second kappa shape index (κ2) is 8.65. The lowest BCUT2D eigenvalue weighted by Crippen LogP contribution is -2.30. The number of phenolic OH excluding ortho intramolecular Hbond substituents is 3. The summed E-state index contributed by atoms with van der Waals surface area (Å²) in [5.41, 5.74) is 2.39. The lowest BCUT2D eigenvalue weighted by Gasteiger charge is -2.32. The number of methoxy groups -OCH3 is 1. The molecule has 4 rings (SSSR count). The fourth-order valence-corrected chi connectivity index (χ4v) is 4.10. The summed E-state index contributed by atoms with van der Waals surface area (Å²) in [7, 11) is 1.53. The van der Waals surface area contributed by atoms with E-state index >= 15 is 0 Å². The number of phenols is 3. The third kappa shape index (κ3) is 3.92. The highest BCUT2D eigenvalue weighted by Crippen LogP contribution is 2.41. The molecule has 0 unspecified atom stereocenters. The minimum Gasteiger partial charge on any atom is -0.508 e. The van der Waals surface area contributed by atoms with Crippen LogP contribution in [-0.2, 0) is 13.1 Å². The minimum atomic E-state index is -0.237. The van der Waals surface area contributed by atoms with Gasteiger partial charge < -0.3 is 20.1 Å². The Hall–Kier alpha value is -3.22. The summed E-state index contributed by atoms with van der Waals surface area (Å²) >= 11 is 0. The molecule has 30 heavy (non-hydrogen) atoms. The molecule has 0 spiro atoms. The van der Waals surface area contributed by atoms with Crippen molar-refractivity contribution >= 4 is 0 Å². The lowest BCUT2D eigenvalue weighted by molar-refractivity contribution is 0.121. The van der Waals surface area contributed by atoms with Gasteiger partial charge in [0, 0.05) is 42.9 Å². The van der Waals surface area contributed by atoms with Gasteiger partial charge in [-0.3, -0.25) is 9.80 Å². The summed E-state index contributed by atoms with van der Waals surface area (Å²) in [6.07, 6.45) is -0.237. The molecule has 3 N–H and O–H groups in total. The van der Waals surface area contributed by atoms with Crippen LogP contribution >= 0.6 is 0 Å². The van der Waals surface area contributed by atoms with Gasteiger partial charge in [-0.05, 0) is 18.2 Å². The molecule has 0 amide bonds. The van der Waals surface area contributed by atoms with Crippen LogP contribution in [0.15, 0.2) is 66.7 Å². The van der Waals surface area contributed by atoms with Gasteiger partial charge in [0.1, 0.15) is 11.5 Å². The molecule has 0 radical (unpaired) electrons. The fraction of sp³-hybridized carbons (Fsp3) is 0.250. The molecule has 3 aromatic carbocycles. The molecule has 1 saturated heterocycles. The van der Waals surface area contributed by atoms with Gasteiger partial charge >= 0.3 is 0 Å². The average Bonchev–Trinajstić information content (AvgIpc) is 3.13. The Morgan fingerprint density at radius 3 is 1.80 bits per heavy atom. The molecule has 156 valence electrons. The molecule has 1 aliphatic rings. The van der Waals surface area contributed by atoms with Crippen molar-refractivity contribution < 1.29 is 20.1 Å². The Balaban J connectivity index is 1.70. The Morgan fingerprint density at radius 2 is 1.30 bits per heavy atom. The van der Waals surface area contributed by atoms with Crippen molar-refractivity contribution in [1.82, 2.24) is 9.80 Å². The molecule has 6 heteroatoms. The van der Waals surface area contributed by atoms with Crippen LogP contribution in [0.25, 0.3) is 0 Å². The van der Waals surface area contributed by atoms with E-state index in [1.165, 1.54) is 7.11 Å². The zero-order valence-corrected chi connectivity index (χ0v) is 16.9. The lowest BCUT2D eigenvalue weighted by atomic mass is 10.1. The Labute approximate surface area is 176 Å². The molecule has 0 aliphatic carbocycles. The molecule has 0 bridgehead atoms. The normalized spacial score (nSPS) is 15.5. The summed E-state index contributed by atoms with van der Waals surface area (Å²) in [5.74, 6) is 1.04. The first-order valence-electron chi connectivity index (χ1n) is 9.96. The van der Waals surface area contributed by atoms with Crippen molar-refractivity contribution in [2.45, 2.75) is 19.3 Å². The summed E-state index contributed by atoms with van der Waals surface area (Å²) in [5, 5.41) is 31.4. The molecule has 1 fully saturated rings. The van der Waals surface area contributed by atoms with Crippen molar-refractivity contribution in [3.8, 4) is 23.0 Å². The van der Waals surface area contributed by atoms with E-state index in [0.29, 0.717) is 18.8 Å². The zero-order valence-electron chi connectivity index (χ0n) is 16.9. The summed E-state index contributed by atoms with van der Waals surface area (Å²) in [4.78, 5) is 4.42. The van der Waals surface area contributed by atoms with Crippen LogP contribution in [0.3, 0.4) is 0 Å². The fourth-order valence-electron chi connectivity index (χ4n) is 4.10. The monoisotopic (exact) mass is 406 g/mol. The van der Waals surface area contributed by atoms with Gasteiger partial charge in [0.05, 0.1) is 13.3 Å². The van der Waals surface area contributed by atoms with Gasteiger partial charge in [0.15, 0.2) is 11.5 Å². The highest BCUT2D eigenvalue weighted by atomic mass is 16.5. The number of aromatic hydroxyl groups is 3. The number of ether oxygens (including phenoxy) is 1. The van der Waals surface area contributed by atoms with E-state index in [2.05, 4.69) is 9.80 Å². The van der Waals surface area contributed by atoms with Gasteiger partial charge in [0.25, 0.3) is 0 Å². The van der Waals surface area contributed by atoms with Gasteiger partial charge in [-0.25, -0.2) is 0 Å². The first-order valence-corrected chi connectivity index (χ1v) is 9.96. The second-order valence-electron chi connectivity index (χ2n) is 7.47. The standard InChI is InChI=1S/C24H26N2O4/c1-30-22-12-6-9-19(23(22)29)24-25(15-17-7-2-4-10-20(17)27)13-14-26(24)16-18-8-3-5-11-21(18)28/h2-12,24,27-29H,13-16H2,1H3. The maximum absolute atomic E-state index is 10.8. The molecule has 0 atom stereocenters. The van der Waals surface area contributed by atoms with E-state index in [4.69, 9.17) is 4.74 Å². The number of rotatable bonds is 6. The molecule has 3 aromatic rings. The first kappa shape index (κ1) is 20.1. The van der Waals surface area contributed by atoms with Gasteiger partial charge in [0.2, 0.25) is 0 Å². The highest BCUT2D eigenvalue weighted by molar-refractivity contribution is 5.47. The van der Waals surface area contributed by atoms with Crippen LogP contribution in [0.5, 0.6) is 23.0 Å². The van der Waals surface area contributed by atoms with E-state index in [1.807, 2.05) is 36.4 Å². The third-order valence-electron chi connectivity index (χ3n) is 5.62. The van der Waals surface area contributed by atoms with Crippen LogP contribution in [-0.4, -0.2) is 45.3 Å². The molecule has 0 aromatic heterocycles. The first-order chi connectivity index (χ1) is 14.6. The number of benzene rings is 3. The highest BCUT2D eigenvalue weighted by Gasteiger charge is 2.36. The van der Waals surface area contributed by atoms with E-state index in [9.17, 15) is 15.3 Å². The SMILES string of the molecule is COc1cccc(C2N(Cc3ccccc3O)CCN2Cc2ccccc2O)c1O. The van der Waals surface area contributed by atoms with Gasteiger partial charge in [-0.1, -0.05) is 48.5 Å². The molecular formula is C24H26N2O4. The van der Waals surface area contributed by atoms with E-state index < -0.39 is 0 Å². The molecule has 1 aliphatic heterocycles. The predicted octanol–water partition coefficient (Wildman–Crippen LogP) is 3.83. The third-order valence-corrected chi connectivity index (χ3v) is 5.62. The largest absolute Gasteiger partial charge is 0.508 e. The number of hydrogen-bond donors (Lipinski definition) is 3. The van der Waals surface area contributed by atoms with Crippen molar-refractivity contribution in [2.75, 3.05) is 20.2 Å². The Bertz CT molecular complexity index is 968. The van der Waals surface area contributed by atoms with E-state index in [-0.39, 0.29) is 23.4 Å². The van der Waals surface area contributed by atoms with Crippen LogP contribution in [0.1, 0.15) is 22.9 Å². The number of hydrogen-bond acceptors (Lipinski definition) is 6. The Morgan fingerprint density at radius 1 is 0.767 bits per heavy atom. The van der Waals surface area contributed by atoms with Gasteiger partial charge in [-0.15, -0.1) is 0 Å². The second-order valence-corrected chi connectivity index (χ2v) is 7.47. The quantitative estimate of drug-likeness (QED) is 0.578. The van der Waals surface area contributed by atoms with Crippen molar-refractivity contribution in [2.24, 2.45) is 0 Å². The summed E-state index contributed by atoms with van der Waals surface area (Å²) < 4.78 is 5.32. The molecule has 6 nitrogen and oxygen atoms in total. The van der Waals surface area contributed by atoms with E-state index in [0.717, 1.165) is 29.8 Å². The number of para-hydroxylation sites is 3. The summed E-state index contributed by atoms with van der Waals surface area (Å²) in [6.45, 7) is 2.57. The van der Waals surface area contributed by atoms with Crippen LogP contribution in [0.4, 0.5) is 0 Å². The summed E-state index contributed by atoms with van der Waals surface area (Å²) in [6, 6.07) is 20.1. The van der Waals surface area contributed by atoms with Crippen LogP contribution < -0.4 is 4.74 Å². The van der Waals surface area contributed by atoms with Crippen LogP contribution in [0.2, 0.25) is 0 Å². The van der Waals surface area contributed by atoms with Crippen molar-refractivity contribution in [3.05, 3.63) is 83.4 Å². The van der Waals surface area contributed by atoms with Crippen molar-refractivity contribution in [3.63, 3.8) is 0 Å². The van der Waals surface area contributed by atoms with E-state index in [1.54, 1.807) is 30.3 Å². The van der Waals surface area contributed by atoms with Crippen molar-refractivity contribution in [1.29, 1.82) is 0 Å². The zero-order chi connectivity index (χ0) is 21.1.